The van der Waals surface area contributed by atoms with Crippen LogP contribution in [0.5, 0.6) is 11.5 Å². The highest BCUT2D eigenvalue weighted by molar-refractivity contribution is 5.79. The van der Waals surface area contributed by atoms with Crippen molar-refractivity contribution in [2.75, 3.05) is 19.9 Å². The molecule has 2 amide bonds. The van der Waals surface area contributed by atoms with Crippen molar-refractivity contribution in [1.29, 1.82) is 0 Å². The van der Waals surface area contributed by atoms with E-state index in [1.165, 1.54) is 6.92 Å². The molecule has 2 aromatic carbocycles. The second-order valence-corrected chi connectivity index (χ2v) is 6.58. The lowest BCUT2D eigenvalue weighted by atomic mass is 10.1. The van der Waals surface area contributed by atoms with Gasteiger partial charge in [0, 0.05) is 26.6 Å². The highest BCUT2D eigenvalue weighted by Crippen LogP contribution is 2.32. The van der Waals surface area contributed by atoms with Gasteiger partial charge in [-0.1, -0.05) is 30.3 Å². The monoisotopic (exact) mass is 368 g/mol. The number of benzene rings is 2. The summed E-state index contributed by atoms with van der Waals surface area (Å²) in [5.74, 6) is 1.33. The molecule has 1 heterocycles. The average Bonchev–Trinajstić information content (AvgIpc) is 3.10. The lowest BCUT2D eigenvalue weighted by molar-refractivity contribution is -0.130. The molecular weight excluding hydrogens is 344 g/mol. The number of aryl methyl sites for hydroxylation is 1. The van der Waals surface area contributed by atoms with E-state index in [9.17, 15) is 9.59 Å². The minimum absolute atomic E-state index is 0.0409. The molecule has 0 unspecified atom stereocenters. The molecule has 0 saturated heterocycles. The Bertz CT molecular complexity index is 835. The highest BCUT2D eigenvalue weighted by Gasteiger charge is 2.16. The third-order valence-corrected chi connectivity index (χ3v) is 4.57. The van der Waals surface area contributed by atoms with Gasteiger partial charge in [0.15, 0.2) is 11.5 Å². The predicted octanol–water partition coefficient (Wildman–Crippen LogP) is 2.43. The number of fused-ring (bicyclic) bond motifs is 1. The summed E-state index contributed by atoms with van der Waals surface area (Å²) in [6, 6.07) is 13.5. The molecular formula is C21H24N2O4. The zero-order chi connectivity index (χ0) is 19.2. The van der Waals surface area contributed by atoms with Crippen LogP contribution in [-0.2, 0) is 22.6 Å². The average molecular weight is 368 g/mol. The van der Waals surface area contributed by atoms with Crippen LogP contribution in [0.1, 0.15) is 23.6 Å². The van der Waals surface area contributed by atoms with E-state index in [0.29, 0.717) is 31.8 Å². The van der Waals surface area contributed by atoms with Crippen molar-refractivity contribution in [1.82, 2.24) is 10.2 Å². The largest absolute Gasteiger partial charge is 0.454 e. The second kappa shape index (κ2) is 8.58. The van der Waals surface area contributed by atoms with E-state index in [2.05, 4.69) is 5.32 Å². The van der Waals surface area contributed by atoms with E-state index in [0.717, 1.165) is 22.4 Å². The van der Waals surface area contributed by atoms with Crippen LogP contribution < -0.4 is 14.8 Å². The Balaban J connectivity index is 1.50. The first-order valence-corrected chi connectivity index (χ1v) is 8.98. The number of hydrogen-bond acceptors (Lipinski definition) is 4. The zero-order valence-corrected chi connectivity index (χ0v) is 15.7. The molecule has 0 radical (unpaired) electrons. The maximum absolute atomic E-state index is 12.2. The van der Waals surface area contributed by atoms with Gasteiger partial charge in [-0.3, -0.25) is 9.59 Å². The first-order chi connectivity index (χ1) is 13.0. The van der Waals surface area contributed by atoms with Gasteiger partial charge in [0.1, 0.15) is 0 Å². The predicted molar refractivity (Wildman–Crippen MR) is 102 cm³/mol. The lowest BCUT2D eigenvalue weighted by Crippen LogP contribution is -2.37. The fourth-order valence-electron chi connectivity index (χ4n) is 2.98. The molecule has 2 aromatic rings. The molecule has 0 aliphatic carbocycles. The molecule has 0 saturated carbocycles. The van der Waals surface area contributed by atoms with Gasteiger partial charge >= 0.3 is 0 Å². The van der Waals surface area contributed by atoms with Crippen molar-refractivity contribution < 1.29 is 19.1 Å². The third kappa shape index (κ3) is 5.00. The fourth-order valence-corrected chi connectivity index (χ4v) is 2.98. The number of hydrogen-bond donors (Lipinski definition) is 1. The van der Waals surface area contributed by atoms with Crippen molar-refractivity contribution >= 4 is 11.8 Å². The number of carbonyl (C=O) groups is 2. The van der Waals surface area contributed by atoms with E-state index in [1.807, 2.05) is 49.4 Å². The highest BCUT2D eigenvalue weighted by atomic mass is 16.7. The Morgan fingerprint density at radius 3 is 2.67 bits per heavy atom. The first kappa shape index (κ1) is 18.8. The van der Waals surface area contributed by atoms with Crippen LogP contribution in [0.4, 0.5) is 0 Å². The normalized spacial score (nSPS) is 11.9. The smallest absolute Gasteiger partial charge is 0.231 e. The van der Waals surface area contributed by atoms with Crippen LogP contribution in [-0.4, -0.2) is 36.6 Å². The summed E-state index contributed by atoms with van der Waals surface area (Å²) in [5, 5.41) is 2.89. The molecule has 0 spiro atoms. The van der Waals surface area contributed by atoms with Crippen molar-refractivity contribution in [2.24, 2.45) is 0 Å². The molecule has 1 N–H and O–H groups in total. The van der Waals surface area contributed by atoms with Gasteiger partial charge in [0.25, 0.3) is 0 Å². The van der Waals surface area contributed by atoms with Gasteiger partial charge in [-0.05, 0) is 35.7 Å². The second-order valence-electron chi connectivity index (χ2n) is 6.58. The Morgan fingerprint density at radius 1 is 1.11 bits per heavy atom. The quantitative estimate of drug-likeness (QED) is 0.815. The van der Waals surface area contributed by atoms with Crippen LogP contribution in [0.15, 0.2) is 42.5 Å². The summed E-state index contributed by atoms with van der Waals surface area (Å²) < 4.78 is 10.7. The maximum Gasteiger partial charge on any atom is 0.231 e. The summed E-state index contributed by atoms with van der Waals surface area (Å²) in [6.07, 6.45) is 0.342. The summed E-state index contributed by atoms with van der Waals surface area (Å²) in [7, 11) is 0. The minimum atomic E-state index is -0.0455. The lowest BCUT2D eigenvalue weighted by Gasteiger charge is -2.21. The minimum Gasteiger partial charge on any atom is -0.454 e. The van der Waals surface area contributed by atoms with Gasteiger partial charge in [0.2, 0.25) is 18.6 Å². The fraction of sp³-hybridized carbons (Fsp3) is 0.333. The summed E-state index contributed by atoms with van der Waals surface area (Å²) in [5.41, 5.74) is 3.07. The van der Waals surface area contributed by atoms with Crippen molar-refractivity contribution in [3.05, 3.63) is 59.2 Å². The van der Waals surface area contributed by atoms with Crippen molar-refractivity contribution in [2.45, 2.75) is 26.8 Å². The number of ether oxygens (including phenoxy) is 2. The molecule has 0 bridgehead atoms. The third-order valence-electron chi connectivity index (χ3n) is 4.57. The summed E-state index contributed by atoms with van der Waals surface area (Å²) in [6.45, 7) is 5.06. The van der Waals surface area contributed by atoms with Gasteiger partial charge < -0.3 is 19.7 Å². The Labute approximate surface area is 159 Å². The van der Waals surface area contributed by atoms with E-state index >= 15 is 0 Å². The molecule has 27 heavy (non-hydrogen) atoms. The number of rotatable bonds is 7. The maximum atomic E-state index is 12.2. The molecule has 1 aliphatic rings. The molecule has 0 aromatic heterocycles. The van der Waals surface area contributed by atoms with Gasteiger partial charge in [-0.15, -0.1) is 0 Å². The van der Waals surface area contributed by atoms with Gasteiger partial charge in [-0.2, -0.15) is 0 Å². The van der Waals surface area contributed by atoms with E-state index in [-0.39, 0.29) is 18.6 Å². The molecule has 0 fully saturated rings. The topological polar surface area (TPSA) is 67.9 Å². The zero-order valence-electron chi connectivity index (χ0n) is 15.7. The summed E-state index contributed by atoms with van der Waals surface area (Å²) in [4.78, 5) is 25.8. The molecule has 3 rings (SSSR count). The molecule has 1 aliphatic heterocycles. The molecule has 6 nitrogen and oxygen atoms in total. The van der Waals surface area contributed by atoms with Crippen LogP contribution in [0.3, 0.4) is 0 Å². The Hall–Kier alpha value is -3.02. The van der Waals surface area contributed by atoms with E-state index in [4.69, 9.17) is 9.47 Å². The molecule has 142 valence electrons. The van der Waals surface area contributed by atoms with Crippen LogP contribution in [0.25, 0.3) is 0 Å². The van der Waals surface area contributed by atoms with E-state index < -0.39 is 0 Å². The number of carbonyl (C=O) groups excluding carboxylic acids is 2. The Morgan fingerprint density at radius 2 is 1.89 bits per heavy atom. The first-order valence-electron chi connectivity index (χ1n) is 8.98. The molecule has 6 heteroatoms. The van der Waals surface area contributed by atoms with E-state index in [1.54, 1.807) is 4.90 Å². The van der Waals surface area contributed by atoms with Gasteiger partial charge in [0.05, 0.1) is 6.42 Å². The SMILES string of the molecule is CC(=O)N(CCNC(=O)Cc1ccccc1C)Cc1ccc2c(c1)OCO2. The van der Waals surface area contributed by atoms with Crippen molar-refractivity contribution in [3.63, 3.8) is 0 Å². The molecule has 0 atom stereocenters. The van der Waals surface area contributed by atoms with Gasteiger partial charge in [-0.25, -0.2) is 0 Å². The van der Waals surface area contributed by atoms with Crippen LogP contribution in [0.2, 0.25) is 0 Å². The van der Waals surface area contributed by atoms with Crippen molar-refractivity contribution in [3.8, 4) is 11.5 Å². The number of nitrogens with one attached hydrogen (secondary N) is 1. The number of amides is 2. The van der Waals surface area contributed by atoms with Crippen LogP contribution >= 0.6 is 0 Å². The Kier molecular flexibility index (Phi) is 5.96. The van der Waals surface area contributed by atoms with Crippen LogP contribution in [0, 0.1) is 6.92 Å². The number of nitrogens with zero attached hydrogens (tertiary/aromatic N) is 1. The standard InChI is InChI=1S/C21H24N2O4/c1-15-5-3-4-6-18(15)12-21(25)22-9-10-23(16(2)24)13-17-7-8-19-20(11-17)27-14-26-19/h3-8,11H,9-10,12-14H2,1-2H3,(H,22,25). The summed E-state index contributed by atoms with van der Waals surface area (Å²) >= 11 is 0.